The molecule has 2 aromatic heterocycles. The first-order valence-electron chi connectivity index (χ1n) is 9.20. The van der Waals surface area contributed by atoms with Crippen LogP contribution >= 0.6 is 0 Å². The molecule has 0 aliphatic heterocycles. The molecular formula is C20H20N4O6S. The van der Waals surface area contributed by atoms with Crippen LogP contribution in [0.4, 0.5) is 5.69 Å². The Morgan fingerprint density at radius 3 is 2.45 bits per heavy atom. The lowest BCUT2D eigenvalue weighted by atomic mass is 10.2. The predicted molar refractivity (Wildman–Crippen MR) is 113 cm³/mol. The SMILES string of the molecule is CCn1cc(C(=O)OCC(=O)Nc2ccc(S(N)(=O)=O)cc2)c(=O)c2ccc(C)nc21. The van der Waals surface area contributed by atoms with Gasteiger partial charge in [-0.05, 0) is 50.2 Å². The molecule has 3 N–H and O–H groups in total. The Balaban J connectivity index is 1.72. The summed E-state index contributed by atoms with van der Waals surface area (Å²) in [6.07, 6.45) is 1.36. The Morgan fingerprint density at radius 1 is 1.16 bits per heavy atom. The number of sulfonamides is 1. The third-order valence-corrected chi connectivity index (χ3v) is 5.35. The maximum Gasteiger partial charge on any atom is 0.344 e. The zero-order valence-electron chi connectivity index (χ0n) is 16.8. The van der Waals surface area contributed by atoms with Crippen LogP contribution in [0.3, 0.4) is 0 Å². The van der Waals surface area contributed by atoms with E-state index in [9.17, 15) is 22.8 Å². The highest BCUT2D eigenvalue weighted by atomic mass is 32.2. The second kappa shape index (κ2) is 8.66. The van der Waals surface area contributed by atoms with Crippen LogP contribution < -0.4 is 15.9 Å². The van der Waals surface area contributed by atoms with Crippen LogP contribution in [0, 0.1) is 6.92 Å². The number of hydrogen-bond donors (Lipinski definition) is 2. The van der Waals surface area contributed by atoms with Gasteiger partial charge < -0.3 is 14.6 Å². The number of rotatable bonds is 6. The maximum atomic E-state index is 12.7. The summed E-state index contributed by atoms with van der Waals surface area (Å²) < 4.78 is 29.2. The number of carbonyl (C=O) groups excluding carboxylic acids is 2. The monoisotopic (exact) mass is 444 g/mol. The van der Waals surface area contributed by atoms with Crippen molar-refractivity contribution < 1.29 is 22.7 Å². The summed E-state index contributed by atoms with van der Waals surface area (Å²) in [5, 5.41) is 7.75. The molecule has 31 heavy (non-hydrogen) atoms. The summed E-state index contributed by atoms with van der Waals surface area (Å²) in [5.74, 6) is -1.60. The van der Waals surface area contributed by atoms with Crippen molar-refractivity contribution in [1.82, 2.24) is 9.55 Å². The molecule has 11 heteroatoms. The van der Waals surface area contributed by atoms with Crippen molar-refractivity contribution in [3.63, 3.8) is 0 Å². The van der Waals surface area contributed by atoms with E-state index < -0.39 is 33.9 Å². The highest BCUT2D eigenvalue weighted by Crippen LogP contribution is 2.13. The zero-order chi connectivity index (χ0) is 22.8. The summed E-state index contributed by atoms with van der Waals surface area (Å²) in [5.41, 5.74) is 0.748. The minimum absolute atomic E-state index is 0.106. The third kappa shape index (κ3) is 4.95. The number of ether oxygens (including phenoxy) is 1. The number of carbonyl (C=O) groups is 2. The molecule has 0 atom stereocenters. The second-order valence-electron chi connectivity index (χ2n) is 6.68. The molecule has 1 aromatic carbocycles. The fraction of sp³-hybridized carbons (Fsp3) is 0.200. The summed E-state index contributed by atoms with van der Waals surface area (Å²) in [6.45, 7) is 3.49. The van der Waals surface area contributed by atoms with Gasteiger partial charge in [0.15, 0.2) is 6.61 Å². The second-order valence-corrected chi connectivity index (χ2v) is 8.24. The van der Waals surface area contributed by atoms with E-state index in [1.165, 1.54) is 30.5 Å². The van der Waals surface area contributed by atoms with Gasteiger partial charge >= 0.3 is 5.97 Å². The number of anilines is 1. The Morgan fingerprint density at radius 2 is 1.84 bits per heavy atom. The summed E-state index contributed by atoms with van der Waals surface area (Å²) in [6, 6.07) is 8.42. The molecule has 0 saturated carbocycles. The zero-order valence-corrected chi connectivity index (χ0v) is 17.6. The Labute approximate surface area is 177 Å². The minimum Gasteiger partial charge on any atom is -0.452 e. The fourth-order valence-electron chi connectivity index (χ4n) is 2.88. The molecule has 2 heterocycles. The lowest BCUT2D eigenvalue weighted by molar-refractivity contribution is -0.119. The standard InChI is InChI=1S/C20H20N4O6S/c1-3-24-10-16(18(26)15-9-4-12(2)22-19(15)24)20(27)30-11-17(25)23-13-5-7-14(8-6-13)31(21,28)29/h4-10H,3,11H2,1-2H3,(H,23,25)(H2,21,28,29). The van der Waals surface area contributed by atoms with Gasteiger partial charge in [0.1, 0.15) is 11.2 Å². The number of pyridine rings is 2. The normalized spacial score (nSPS) is 11.3. The summed E-state index contributed by atoms with van der Waals surface area (Å²) >= 11 is 0. The van der Waals surface area contributed by atoms with Crippen molar-refractivity contribution in [2.45, 2.75) is 25.3 Å². The number of nitrogens with one attached hydrogen (secondary N) is 1. The van der Waals surface area contributed by atoms with Gasteiger partial charge in [-0.1, -0.05) is 0 Å². The number of hydrogen-bond acceptors (Lipinski definition) is 7. The van der Waals surface area contributed by atoms with Crippen molar-refractivity contribution in [2.24, 2.45) is 5.14 Å². The average Bonchev–Trinajstić information content (AvgIpc) is 2.72. The highest BCUT2D eigenvalue weighted by Gasteiger charge is 2.18. The van der Waals surface area contributed by atoms with Gasteiger partial charge in [0.2, 0.25) is 15.5 Å². The number of benzene rings is 1. The smallest absolute Gasteiger partial charge is 0.344 e. The molecule has 0 aliphatic carbocycles. The quantitative estimate of drug-likeness (QED) is 0.542. The number of esters is 1. The summed E-state index contributed by atoms with van der Waals surface area (Å²) in [4.78, 5) is 41.4. The van der Waals surface area contributed by atoms with Crippen molar-refractivity contribution in [1.29, 1.82) is 0 Å². The van der Waals surface area contributed by atoms with Crippen molar-refractivity contribution >= 4 is 38.6 Å². The molecule has 0 aliphatic rings. The first-order chi connectivity index (χ1) is 14.6. The van der Waals surface area contributed by atoms with E-state index in [1.807, 2.05) is 6.92 Å². The molecule has 3 rings (SSSR count). The first kappa shape index (κ1) is 22.1. The number of fused-ring (bicyclic) bond motifs is 1. The lowest BCUT2D eigenvalue weighted by Crippen LogP contribution is -2.25. The van der Waals surface area contributed by atoms with Crippen LogP contribution in [0.5, 0.6) is 0 Å². The molecule has 0 spiro atoms. The van der Waals surface area contributed by atoms with Gasteiger partial charge in [0.05, 0.1) is 10.3 Å². The van der Waals surface area contributed by atoms with Crippen molar-refractivity contribution in [2.75, 3.05) is 11.9 Å². The van der Waals surface area contributed by atoms with Crippen LogP contribution in [-0.2, 0) is 26.1 Å². The number of aryl methyl sites for hydroxylation is 2. The number of amides is 1. The Kier molecular flexibility index (Phi) is 6.18. The van der Waals surface area contributed by atoms with Gasteiger partial charge in [-0.25, -0.2) is 23.3 Å². The topological polar surface area (TPSA) is 150 Å². The average molecular weight is 444 g/mol. The van der Waals surface area contributed by atoms with Crippen LogP contribution in [0.25, 0.3) is 11.0 Å². The maximum absolute atomic E-state index is 12.7. The summed E-state index contributed by atoms with van der Waals surface area (Å²) in [7, 11) is -3.85. The van der Waals surface area contributed by atoms with E-state index in [1.54, 1.807) is 23.6 Å². The highest BCUT2D eigenvalue weighted by molar-refractivity contribution is 7.89. The molecule has 3 aromatic rings. The van der Waals surface area contributed by atoms with E-state index in [0.29, 0.717) is 12.2 Å². The van der Waals surface area contributed by atoms with Gasteiger partial charge in [-0.2, -0.15) is 0 Å². The van der Waals surface area contributed by atoms with E-state index >= 15 is 0 Å². The van der Waals surface area contributed by atoms with E-state index in [-0.39, 0.29) is 21.5 Å². The number of nitrogens with zero attached hydrogens (tertiary/aromatic N) is 2. The van der Waals surface area contributed by atoms with E-state index in [4.69, 9.17) is 9.88 Å². The van der Waals surface area contributed by atoms with Gasteiger partial charge in [-0.15, -0.1) is 0 Å². The molecule has 1 amide bonds. The van der Waals surface area contributed by atoms with Gasteiger partial charge in [0.25, 0.3) is 5.91 Å². The predicted octanol–water partition coefficient (Wildman–Crippen LogP) is 1.17. The molecule has 10 nitrogen and oxygen atoms in total. The van der Waals surface area contributed by atoms with Crippen LogP contribution in [0.2, 0.25) is 0 Å². The molecule has 162 valence electrons. The van der Waals surface area contributed by atoms with E-state index in [0.717, 1.165) is 5.69 Å². The molecular weight excluding hydrogens is 424 g/mol. The number of primary sulfonamides is 1. The first-order valence-corrected chi connectivity index (χ1v) is 10.8. The molecule has 0 unspecified atom stereocenters. The molecule has 0 bridgehead atoms. The van der Waals surface area contributed by atoms with Crippen molar-refractivity contribution in [3.05, 3.63) is 64.1 Å². The largest absolute Gasteiger partial charge is 0.452 e. The van der Waals surface area contributed by atoms with Crippen LogP contribution in [0.15, 0.2) is 52.3 Å². The van der Waals surface area contributed by atoms with Gasteiger partial charge in [0, 0.05) is 24.1 Å². The lowest BCUT2D eigenvalue weighted by Gasteiger charge is -2.11. The molecule has 0 saturated heterocycles. The minimum atomic E-state index is -3.85. The van der Waals surface area contributed by atoms with Crippen molar-refractivity contribution in [3.8, 4) is 0 Å². The number of aromatic nitrogens is 2. The van der Waals surface area contributed by atoms with Crippen LogP contribution in [0.1, 0.15) is 23.0 Å². The Hall–Kier alpha value is -3.57. The van der Waals surface area contributed by atoms with Gasteiger partial charge in [-0.3, -0.25) is 9.59 Å². The molecule has 0 radical (unpaired) electrons. The van der Waals surface area contributed by atoms with E-state index in [2.05, 4.69) is 10.3 Å². The molecule has 0 fully saturated rings. The third-order valence-electron chi connectivity index (χ3n) is 4.42. The van der Waals surface area contributed by atoms with Crippen LogP contribution in [-0.4, -0.2) is 36.5 Å². The number of nitrogens with two attached hydrogens (primary N) is 1. The fourth-order valence-corrected chi connectivity index (χ4v) is 3.40. The Bertz CT molecular complexity index is 1330.